The maximum atomic E-state index is 13.0. The smallest absolute Gasteiger partial charge is 0.123 e. The van der Waals surface area contributed by atoms with Gasteiger partial charge in [0.25, 0.3) is 0 Å². The van der Waals surface area contributed by atoms with E-state index in [1.807, 2.05) is 17.6 Å². The quantitative estimate of drug-likeness (QED) is 0.859. The highest BCUT2D eigenvalue weighted by Crippen LogP contribution is 2.12. The number of rotatable bonds is 3. The average molecular weight is 219 g/mol. The summed E-state index contributed by atoms with van der Waals surface area (Å²) in [5, 5.41) is 0. The lowest BCUT2D eigenvalue weighted by Crippen LogP contribution is -2.12. The molecule has 0 spiro atoms. The molecule has 0 aliphatic carbocycles. The number of hydrogen-bond donors (Lipinski definition) is 1. The van der Waals surface area contributed by atoms with Gasteiger partial charge in [0.15, 0.2) is 0 Å². The fourth-order valence-electron chi connectivity index (χ4n) is 1.67. The summed E-state index contributed by atoms with van der Waals surface area (Å²) in [4.78, 5) is 4.05. The molecule has 2 aromatic rings. The van der Waals surface area contributed by atoms with Crippen LogP contribution in [0.1, 0.15) is 24.2 Å². The van der Waals surface area contributed by atoms with Crippen molar-refractivity contribution in [2.45, 2.75) is 19.5 Å². The van der Waals surface area contributed by atoms with Gasteiger partial charge in [-0.2, -0.15) is 0 Å². The van der Waals surface area contributed by atoms with E-state index in [9.17, 15) is 4.39 Å². The normalized spacial score (nSPS) is 12.7. The van der Waals surface area contributed by atoms with Gasteiger partial charge in [0.1, 0.15) is 5.82 Å². The van der Waals surface area contributed by atoms with E-state index < -0.39 is 0 Å². The first kappa shape index (κ1) is 10.8. The third-order valence-electron chi connectivity index (χ3n) is 2.45. The van der Waals surface area contributed by atoms with Crippen LogP contribution in [0.2, 0.25) is 0 Å². The summed E-state index contributed by atoms with van der Waals surface area (Å²) < 4.78 is 14.9. The van der Waals surface area contributed by atoms with Gasteiger partial charge in [0.05, 0.1) is 12.0 Å². The Kier molecular flexibility index (Phi) is 3.01. The van der Waals surface area contributed by atoms with Gasteiger partial charge in [-0.15, -0.1) is 0 Å². The maximum Gasteiger partial charge on any atom is 0.123 e. The van der Waals surface area contributed by atoms with Crippen molar-refractivity contribution >= 4 is 0 Å². The molecule has 0 saturated heterocycles. The molecule has 3 nitrogen and oxygen atoms in total. The molecule has 0 amide bonds. The summed E-state index contributed by atoms with van der Waals surface area (Å²) in [7, 11) is 0. The third-order valence-corrected chi connectivity index (χ3v) is 2.45. The summed E-state index contributed by atoms with van der Waals surface area (Å²) in [5.74, 6) is -0.222. The molecule has 0 radical (unpaired) electrons. The first-order valence-corrected chi connectivity index (χ1v) is 5.17. The lowest BCUT2D eigenvalue weighted by molar-refractivity contribution is 0.620. The summed E-state index contributed by atoms with van der Waals surface area (Å²) >= 11 is 0. The Balaban J connectivity index is 2.24. The molecule has 2 N–H and O–H groups in total. The van der Waals surface area contributed by atoms with E-state index in [0.29, 0.717) is 6.54 Å². The van der Waals surface area contributed by atoms with Gasteiger partial charge in [0, 0.05) is 18.8 Å². The third kappa shape index (κ3) is 2.28. The summed E-state index contributed by atoms with van der Waals surface area (Å²) in [6.45, 7) is 2.49. The average Bonchev–Trinajstić information content (AvgIpc) is 2.66. The van der Waals surface area contributed by atoms with E-state index in [2.05, 4.69) is 4.98 Å². The SMILES string of the molecule is C[C@@H](N)c1cncn1Cc1cccc(F)c1. The van der Waals surface area contributed by atoms with Crippen LogP contribution in [0.25, 0.3) is 0 Å². The molecule has 4 heteroatoms. The Morgan fingerprint density at radius 3 is 3.00 bits per heavy atom. The number of aromatic nitrogens is 2. The van der Waals surface area contributed by atoms with Crippen molar-refractivity contribution in [3.8, 4) is 0 Å². The first-order chi connectivity index (χ1) is 7.66. The zero-order valence-corrected chi connectivity index (χ0v) is 9.10. The van der Waals surface area contributed by atoms with Crippen LogP contribution in [0.15, 0.2) is 36.8 Å². The van der Waals surface area contributed by atoms with Crippen LogP contribution in [0.4, 0.5) is 4.39 Å². The second-order valence-electron chi connectivity index (χ2n) is 3.87. The number of benzene rings is 1. The zero-order valence-electron chi connectivity index (χ0n) is 9.10. The Morgan fingerprint density at radius 2 is 2.31 bits per heavy atom. The lowest BCUT2D eigenvalue weighted by Gasteiger charge is -2.10. The lowest BCUT2D eigenvalue weighted by atomic mass is 10.2. The van der Waals surface area contributed by atoms with Crippen LogP contribution in [0.5, 0.6) is 0 Å². The second-order valence-corrected chi connectivity index (χ2v) is 3.87. The van der Waals surface area contributed by atoms with Crippen LogP contribution in [-0.2, 0) is 6.54 Å². The fourth-order valence-corrected chi connectivity index (χ4v) is 1.67. The van der Waals surface area contributed by atoms with Gasteiger partial charge >= 0.3 is 0 Å². The van der Waals surface area contributed by atoms with Crippen molar-refractivity contribution in [3.63, 3.8) is 0 Å². The van der Waals surface area contributed by atoms with Gasteiger partial charge < -0.3 is 10.3 Å². The van der Waals surface area contributed by atoms with E-state index in [-0.39, 0.29) is 11.9 Å². The van der Waals surface area contributed by atoms with Crippen LogP contribution in [0.3, 0.4) is 0 Å². The van der Waals surface area contributed by atoms with Crippen molar-refractivity contribution < 1.29 is 4.39 Å². The number of halogens is 1. The molecular weight excluding hydrogens is 205 g/mol. The molecule has 0 aliphatic rings. The molecule has 0 bridgehead atoms. The second kappa shape index (κ2) is 4.45. The molecule has 1 aromatic heterocycles. The molecule has 1 atom stereocenters. The number of nitrogens with two attached hydrogens (primary N) is 1. The van der Waals surface area contributed by atoms with Crippen LogP contribution < -0.4 is 5.73 Å². The summed E-state index contributed by atoms with van der Waals surface area (Å²) in [6.07, 6.45) is 3.45. The number of hydrogen-bond acceptors (Lipinski definition) is 2. The zero-order chi connectivity index (χ0) is 11.5. The van der Waals surface area contributed by atoms with Crippen molar-refractivity contribution in [3.05, 3.63) is 53.9 Å². The topological polar surface area (TPSA) is 43.8 Å². The van der Waals surface area contributed by atoms with Crippen LogP contribution in [-0.4, -0.2) is 9.55 Å². The summed E-state index contributed by atoms with van der Waals surface area (Å²) in [5.41, 5.74) is 7.66. The maximum absolute atomic E-state index is 13.0. The molecule has 0 saturated carbocycles. The Hall–Kier alpha value is -1.68. The molecule has 16 heavy (non-hydrogen) atoms. The van der Waals surface area contributed by atoms with Crippen molar-refractivity contribution in [2.75, 3.05) is 0 Å². The molecule has 1 heterocycles. The molecule has 2 rings (SSSR count). The Labute approximate surface area is 93.7 Å². The highest BCUT2D eigenvalue weighted by Gasteiger charge is 2.07. The minimum absolute atomic E-state index is 0.0731. The van der Waals surface area contributed by atoms with E-state index >= 15 is 0 Å². The number of nitrogens with zero attached hydrogens (tertiary/aromatic N) is 2. The largest absolute Gasteiger partial charge is 0.329 e. The molecule has 0 fully saturated rings. The van der Waals surface area contributed by atoms with Gasteiger partial charge in [-0.05, 0) is 24.6 Å². The van der Waals surface area contributed by atoms with Gasteiger partial charge in [0.2, 0.25) is 0 Å². The Morgan fingerprint density at radius 1 is 1.50 bits per heavy atom. The van der Waals surface area contributed by atoms with Gasteiger partial charge in [-0.1, -0.05) is 12.1 Å². The molecule has 0 aliphatic heterocycles. The fraction of sp³-hybridized carbons (Fsp3) is 0.250. The predicted octanol–water partition coefficient (Wildman–Crippen LogP) is 2.09. The standard InChI is InChI=1S/C12H14FN3/c1-9(14)12-6-15-8-16(12)7-10-3-2-4-11(13)5-10/h2-6,8-9H,7,14H2,1H3/t9-/m1/s1. The monoisotopic (exact) mass is 219 g/mol. The van der Waals surface area contributed by atoms with Crippen molar-refractivity contribution in [1.82, 2.24) is 9.55 Å². The van der Waals surface area contributed by atoms with Gasteiger partial charge in [-0.3, -0.25) is 0 Å². The first-order valence-electron chi connectivity index (χ1n) is 5.17. The van der Waals surface area contributed by atoms with E-state index in [0.717, 1.165) is 11.3 Å². The van der Waals surface area contributed by atoms with Crippen molar-refractivity contribution in [1.29, 1.82) is 0 Å². The highest BCUT2D eigenvalue weighted by molar-refractivity contribution is 5.18. The van der Waals surface area contributed by atoms with E-state index in [1.165, 1.54) is 12.1 Å². The van der Waals surface area contributed by atoms with Crippen molar-refractivity contribution in [2.24, 2.45) is 5.73 Å². The van der Waals surface area contributed by atoms with E-state index in [1.54, 1.807) is 18.6 Å². The van der Waals surface area contributed by atoms with E-state index in [4.69, 9.17) is 5.73 Å². The highest BCUT2D eigenvalue weighted by atomic mass is 19.1. The van der Waals surface area contributed by atoms with Crippen LogP contribution >= 0.6 is 0 Å². The minimum Gasteiger partial charge on any atom is -0.329 e. The van der Waals surface area contributed by atoms with Crippen LogP contribution in [0, 0.1) is 5.82 Å². The molecule has 1 aromatic carbocycles. The molecule has 0 unspecified atom stereocenters. The Bertz CT molecular complexity index is 477. The molecule has 84 valence electrons. The molecular formula is C12H14FN3. The number of imidazole rings is 1. The minimum atomic E-state index is -0.222. The van der Waals surface area contributed by atoms with Gasteiger partial charge in [-0.25, -0.2) is 9.37 Å². The predicted molar refractivity (Wildman–Crippen MR) is 60.3 cm³/mol. The summed E-state index contributed by atoms with van der Waals surface area (Å²) in [6, 6.07) is 6.46.